The lowest BCUT2D eigenvalue weighted by Crippen LogP contribution is -2.25. The molecule has 1 unspecified atom stereocenters. The molecular formula is C13H18N2OS. The monoisotopic (exact) mass is 250 g/mol. The summed E-state index contributed by atoms with van der Waals surface area (Å²) in [6.07, 6.45) is 0.951. The Balaban J connectivity index is 2.11. The van der Waals surface area contributed by atoms with E-state index in [-0.39, 0.29) is 12.6 Å². The van der Waals surface area contributed by atoms with Crippen molar-refractivity contribution in [2.75, 3.05) is 11.9 Å². The zero-order valence-corrected chi connectivity index (χ0v) is 11.0. The molecule has 1 aromatic carbocycles. The van der Waals surface area contributed by atoms with Gasteiger partial charge in [-0.2, -0.15) is 0 Å². The summed E-state index contributed by atoms with van der Waals surface area (Å²) < 4.78 is 1.18. The van der Waals surface area contributed by atoms with Gasteiger partial charge in [-0.05, 0) is 24.5 Å². The Morgan fingerprint density at radius 2 is 2.12 bits per heavy atom. The van der Waals surface area contributed by atoms with E-state index < -0.39 is 0 Å². The number of aromatic nitrogens is 1. The van der Waals surface area contributed by atoms with Crippen molar-refractivity contribution in [3.8, 4) is 0 Å². The van der Waals surface area contributed by atoms with Crippen molar-refractivity contribution in [3.05, 3.63) is 24.3 Å². The molecule has 92 valence electrons. The molecule has 1 atom stereocenters. The molecule has 2 rings (SSSR count). The number of hydrogen-bond donors (Lipinski definition) is 2. The summed E-state index contributed by atoms with van der Waals surface area (Å²) in [6.45, 7) is 4.46. The minimum Gasteiger partial charge on any atom is -0.394 e. The highest BCUT2D eigenvalue weighted by atomic mass is 32.1. The number of thiazole rings is 1. The molecule has 0 amide bonds. The van der Waals surface area contributed by atoms with Gasteiger partial charge in [-0.3, -0.25) is 0 Å². The van der Waals surface area contributed by atoms with Crippen molar-refractivity contribution in [2.45, 2.75) is 26.3 Å². The van der Waals surface area contributed by atoms with E-state index in [1.54, 1.807) is 11.3 Å². The third kappa shape index (κ3) is 3.17. The number of rotatable bonds is 5. The van der Waals surface area contributed by atoms with Crippen molar-refractivity contribution in [3.63, 3.8) is 0 Å². The van der Waals surface area contributed by atoms with Gasteiger partial charge in [0.05, 0.1) is 22.9 Å². The summed E-state index contributed by atoms with van der Waals surface area (Å²) in [7, 11) is 0. The van der Waals surface area contributed by atoms with E-state index in [1.165, 1.54) is 4.70 Å². The summed E-state index contributed by atoms with van der Waals surface area (Å²) >= 11 is 1.63. The molecule has 0 bridgehead atoms. The molecular weight excluding hydrogens is 232 g/mol. The third-order valence-electron chi connectivity index (χ3n) is 2.60. The molecule has 0 aliphatic heterocycles. The minimum atomic E-state index is 0.0931. The van der Waals surface area contributed by atoms with Crippen LogP contribution in [0.1, 0.15) is 20.3 Å². The highest BCUT2D eigenvalue weighted by molar-refractivity contribution is 7.22. The quantitative estimate of drug-likeness (QED) is 0.857. The highest BCUT2D eigenvalue weighted by Gasteiger charge is 2.11. The Bertz CT molecular complexity index is 448. The molecule has 17 heavy (non-hydrogen) atoms. The molecule has 2 N–H and O–H groups in total. The number of fused-ring (bicyclic) bond motifs is 1. The van der Waals surface area contributed by atoms with E-state index in [9.17, 15) is 5.11 Å². The predicted molar refractivity (Wildman–Crippen MR) is 73.6 cm³/mol. The molecule has 0 aliphatic carbocycles. The summed E-state index contributed by atoms with van der Waals surface area (Å²) in [5, 5.41) is 13.5. The largest absolute Gasteiger partial charge is 0.394 e. The molecule has 0 saturated heterocycles. The highest BCUT2D eigenvalue weighted by Crippen LogP contribution is 2.26. The fraction of sp³-hybridized carbons (Fsp3) is 0.462. The van der Waals surface area contributed by atoms with Gasteiger partial charge in [-0.1, -0.05) is 37.3 Å². The maximum Gasteiger partial charge on any atom is 0.184 e. The van der Waals surface area contributed by atoms with Crippen LogP contribution in [0, 0.1) is 5.92 Å². The SMILES string of the molecule is CC(C)CC(CO)Nc1nc2ccccc2s1. The van der Waals surface area contributed by atoms with Crippen LogP contribution < -0.4 is 5.32 Å². The molecule has 3 nitrogen and oxygen atoms in total. The Hall–Kier alpha value is -1.13. The smallest absolute Gasteiger partial charge is 0.184 e. The van der Waals surface area contributed by atoms with Gasteiger partial charge in [-0.15, -0.1) is 0 Å². The first-order valence-electron chi connectivity index (χ1n) is 5.92. The molecule has 0 radical (unpaired) electrons. The number of benzene rings is 1. The lowest BCUT2D eigenvalue weighted by atomic mass is 10.0. The second kappa shape index (κ2) is 5.47. The van der Waals surface area contributed by atoms with Crippen molar-refractivity contribution in [1.82, 2.24) is 4.98 Å². The Labute approximate surface area is 106 Å². The first-order valence-corrected chi connectivity index (χ1v) is 6.73. The van der Waals surface area contributed by atoms with Gasteiger partial charge in [0.2, 0.25) is 0 Å². The number of aliphatic hydroxyl groups excluding tert-OH is 1. The molecule has 0 aliphatic rings. The number of anilines is 1. The molecule has 4 heteroatoms. The topological polar surface area (TPSA) is 45.1 Å². The van der Waals surface area contributed by atoms with Crippen molar-refractivity contribution < 1.29 is 5.11 Å². The Morgan fingerprint density at radius 1 is 1.35 bits per heavy atom. The maximum atomic E-state index is 9.33. The zero-order valence-electron chi connectivity index (χ0n) is 10.2. The molecule has 0 saturated carbocycles. The van der Waals surface area contributed by atoms with Crippen LogP contribution >= 0.6 is 11.3 Å². The molecule has 0 spiro atoms. The van der Waals surface area contributed by atoms with E-state index in [0.717, 1.165) is 17.1 Å². The summed E-state index contributed by atoms with van der Waals surface area (Å²) in [4.78, 5) is 4.50. The van der Waals surface area contributed by atoms with Crippen LogP contribution in [0.3, 0.4) is 0 Å². The first kappa shape index (κ1) is 12.3. The summed E-state index contributed by atoms with van der Waals surface area (Å²) in [5.41, 5.74) is 1.02. The fourth-order valence-electron chi connectivity index (χ4n) is 1.86. The average molecular weight is 250 g/mol. The van der Waals surface area contributed by atoms with Crippen molar-refractivity contribution in [2.24, 2.45) is 5.92 Å². The van der Waals surface area contributed by atoms with Gasteiger partial charge in [0.15, 0.2) is 5.13 Å². The molecule has 0 fully saturated rings. The fourth-order valence-corrected chi connectivity index (χ4v) is 2.80. The van der Waals surface area contributed by atoms with E-state index in [1.807, 2.05) is 18.2 Å². The second-order valence-corrected chi connectivity index (χ2v) is 5.67. The zero-order chi connectivity index (χ0) is 12.3. The van der Waals surface area contributed by atoms with Crippen LogP contribution in [0.2, 0.25) is 0 Å². The van der Waals surface area contributed by atoms with Gasteiger partial charge in [-0.25, -0.2) is 4.98 Å². The van der Waals surface area contributed by atoms with Crippen LogP contribution in [0.15, 0.2) is 24.3 Å². The van der Waals surface area contributed by atoms with Gasteiger partial charge in [0.25, 0.3) is 0 Å². The number of nitrogens with zero attached hydrogens (tertiary/aromatic N) is 1. The standard InChI is InChI=1S/C13H18N2OS/c1-9(2)7-10(8-16)14-13-15-11-5-3-4-6-12(11)17-13/h3-6,9-10,16H,7-8H2,1-2H3,(H,14,15). The number of nitrogens with one attached hydrogen (secondary N) is 1. The normalized spacial score (nSPS) is 13.2. The Morgan fingerprint density at radius 3 is 2.76 bits per heavy atom. The van der Waals surface area contributed by atoms with Crippen LogP contribution in [-0.2, 0) is 0 Å². The van der Waals surface area contributed by atoms with E-state index in [0.29, 0.717) is 5.92 Å². The van der Waals surface area contributed by atoms with Crippen LogP contribution in [0.25, 0.3) is 10.2 Å². The maximum absolute atomic E-state index is 9.33. The second-order valence-electron chi connectivity index (χ2n) is 4.64. The predicted octanol–water partition coefficient (Wildman–Crippen LogP) is 3.12. The number of para-hydroxylation sites is 1. The van der Waals surface area contributed by atoms with E-state index in [4.69, 9.17) is 0 Å². The van der Waals surface area contributed by atoms with Crippen molar-refractivity contribution in [1.29, 1.82) is 0 Å². The third-order valence-corrected chi connectivity index (χ3v) is 3.57. The van der Waals surface area contributed by atoms with Crippen LogP contribution in [0.5, 0.6) is 0 Å². The average Bonchev–Trinajstić information content (AvgIpc) is 2.69. The number of aliphatic hydroxyl groups is 1. The summed E-state index contributed by atoms with van der Waals surface area (Å²) in [6, 6.07) is 8.17. The number of hydrogen-bond acceptors (Lipinski definition) is 4. The summed E-state index contributed by atoms with van der Waals surface area (Å²) in [5.74, 6) is 0.564. The Kier molecular flexibility index (Phi) is 3.97. The van der Waals surface area contributed by atoms with Gasteiger partial charge in [0, 0.05) is 0 Å². The first-order chi connectivity index (χ1) is 8.19. The van der Waals surface area contributed by atoms with Crippen LogP contribution in [-0.4, -0.2) is 22.7 Å². The van der Waals surface area contributed by atoms with Gasteiger partial charge >= 0.3 is 0 Å². The lowest BCUT2D eigenvalue weighted by molar-refractivity contribution is 0.259. The minimum absolute atomic E-state index is 0.0931. The van der Waals surface area contributed by atoms with Gasteiger partial charge in [0.1, 0.15) is 0 Å². The van der Waals surface area contributed by atoms with E-state index >= 15 is 0 Å². The van der Waals surface area contributed by atoms with Crippen LogP contribution in [0.4, 0.5) is 5.13 Å². The van der Waals surface area contributed by atoms with Crippen molar-refractivity contribution >= 4 is 26.7 Å². The van der Waals surface area contributed by atoms with Gasteiger partial charge < -0.3 is 10.4 Å². The molecule has 2 aromatic rings. The van der Waals surface area contributed by atoms with E-state index in [2.05, 4.69) is 30.2 Å². The lowest BCUT2D eigenvalue weighted by Gasteiger charge is -2.17. The molecule has 1 aromatic heterocycles. The molecule has 1 heterocycles.